The van der Waals surface area contributed by atoms with E-state index < -0.39 is 5.91 Å². The van der Waals surface area contributed by atoms with Crippen molar-refractivity contribution in [3.63, 3.8) is 0 Å². The molecular weight excluding hydrogens is 264 g/mol. The lowest BCUT2D eigenvalue weighted by molar-refractivity contribution is 0.100. The number of anilines is 1. The molecule has 0 bridgehead atoms. The molecule has 0 unspecified atom stereocenters. The Morgan fingerprint density at radius 2 is 1.95 bits per heavy atom. The number of benzene rings is 2. The zero-order valence-corrected chi connectivity index (χ0v) is 12.3. The second-order valence-electron chi connectivity index (χ2n) is 5.11. The van der Waals surface area contributed by atoms with Gasteiger partial charge in [-0.2, -0.15) is 0 Å². The Labute approximate surface area is 124 Å². The van der Waals surface area contributed by atoms with Gasteiger partial charge in [-0.1, -0.05) is 18.2 Å². The summed E-state index contributed by atoms with van der Waals surface area (Å²) in [6.07, 6.45) is 0.153. The lowest BCUT2D eigenvalue weighted by Crippen LogP contribution is -2.11. The molecule has 2 rings (SSSR count). The molecule has 4 nitrogen and oxygen atoms in total. The summed E-state index contributed by atoms with van der Waals surface area (Å²) in [5, 5.41) is 3.27. The number of rotatable bonds is 6. The van der Waals surface area contributed by atoms with Crippen molar-refractivity contribution in [2.45, 2.75) is 26.5 Å². The summed E-state index contributed by atoms with van der Waals surface area (Å²) in [5.41, 5.74) is 7.74. The van der Waals surface area contributed by atoms with Crippen LogP contribution in [0.4, 0.5) is 5.69 Å². The number of amides is 1. The van der Waals surface area contributed by atoms with E-state index in [-0.39, 0.29) is 6.10 Å². The molecule has 0 fully saturated rings. The number of nitrogens with two attached hydrogens (primary N) is 1. The summed E-state index contributed by atoms with van der Waals surface area (Å²) in [4.78, 5) is 11.2. The molecule has 110 valence electrons. The van der Waals surface area contributed by atoms with Crippen LogP contribution in [0.2, 0.25) is 0 Å². The molecule has 0 saturated carbocycles. The van der Waals surface area contributed by atoms with E-state index in [4.69, 9.17) is 10.5 Å². The number of nitrogens with one attached hydrogen (secondary N) is 1. The molecule has 2 aromatic carbocycles. The number of primary amides is 1. The first-order chi connectivity index (χ1) is 10.0. The summed E-state index contributed by atoms with van der Waals surface area (Å²) < 4.78 is 5.67. The van der Waals surface area contributed by atoms with Crippen LogP contribution < -0.4 is 15.8 Å². The van der Waals surface area contributed by atoms with Crippen molar-refractivity contribution < 1.29 is 9.53 Å². The van der Waals surface area contributed by atoms with Crippen LogP contribution in [-0.4, -0.2) is 12.0 Å². The second-order valence-corrected chi connectivity index (χ2v) is 5.11. The highest BCUT2D eigenvalue weighted by atomic mass is 16.5. The highest BCUT2D eigenvalue weighted by Gasteiger charge is 2.02. The fraction of sp³-hybridized carbons (Fsp3) is 0.235. The fourth-order valence-corrected chi connectivity index (χ4v) is 1.99. The van der Waals surface area contributed by atoms with Gasteiger partial charge >= 0.3 is 0 Å². The first kappa shape index (κ1) is 14.9. The summed E-state index contributed by atoms with van der Waals surface area (Å²) in [7, 11) is 0. The smallest absolute Gasteiger partial charge is 0.248 e. The van der Waals surface area contributed by atoms with E-state index in [1.807, 2.05) is 44.2 Å². The van der Waals surface area contributed by atoms with Crippen LogP contribution in [0, 0.1) is 0 Å². The van der Waals surface area contributed by atoms with Gasteiger partial charge in [-0.05, 0) is 49.7 Å². The van der Waals surface area contributed by atoms with Crippen LogP contribution >= 0.6 is 0 Å². The highest BCUT2D eigenvalue weighted by molar-refractivity contribution is 5.93. The molecule has 2 aromatic rings. The topological polar surface area (TPSA) is 64.3 Å². The lowest BCUT2D eigenvalue weighted by atomic mass is 10.1. The third-order valence-electron chi connectivity index (χ3n) is 2.91. The molecule has 0 spiro atoms. The first-order valence-corrected chi connectivity index (χ1v) is 6.94. The van der Waals surface area contributed by atoms with Crippen molar-refractivity contribution in [3.05, 3.63) is 59.7 Å². The molecule has 0 atom stereocenters. The Morgan fingerprint density at radius 1 is 1.19 bits per heavy atom. The van der Waals surface area contributed by atoms with Gasteiger partial charge < -0.3 is 15.8 Å². The van der Waals surface area contributed by atoms with Gasteiger partial charge in [-0.3, -0.25) is 4.79 Å². The molecule has 4 heteroatoms. The van der Waals surface area contributed by atoms with E-state index in [0.29, 0.717) is 12.1 Å². The van der Waals surface area contributed by atoms with E-state index >= 15 is 0 Å². The van der Waals surface area contributed by atoms with E-state index in [9.17, 15) is 4.79 Å². The molecule has 0 aliphatic rings. The molecule has 1 amide bonds. The quantitative estimate of drug-likeness (QED) is 0.856. The molecule has 0 saturated heterocycles. The van der Waals surface area contributed by atoms with Gasteiger partial charge in [0.2, 0.25) is 5.91 Å². The van der Waals surface area contributed by atoms with Gasteiger partial charge in [0.1, 0.15) is 5.75 Å². The summed E-state index contributed by atoms with van der Waals surface area (Å²) in [5.74, 6) is 0.432. The summed E-state index contributed by atoms with van der Waals surface area (Å²) >= 11 is 0. The van der Waals surface area contributed by atoms with Gasteiger partial charge in [0.15, 0.2) is 0 Å². The Balaban J connectivity index is 2.02. The Bertz CT molecular complexity index is 624. The van der Waals surface area contributed by atoms with Crippen molar-refractivity contribution in [1.29, 1.82) is 0 Å². The SMILES string of the molecule is CC(C)Oc1cccc(CNc2cccc(C(N)=O)c2)c1. The lowest BCUT2D eigenvalue weighted by Gasteiger charge is -2.12. The standard InChI is InChI=1S/C17H20N2O2/c1-12(2)21-16-8-3-5-13(9-16)11-19-15-7-4-6-14(10-15)17(18)20/h3-10,12,19H,11H2,1-2H3,(H2,18,20). The molecule has 0 aliphatic carbocycles. The molecule has 0 heterocycles. The number of hydrogen-bond donors (Lipinski definition) is 2. The maximum Gasteiger partial charge on any atom is 0.248 e. The van der Waals surface area contributed by atoms with Gasteiger partial charge in [0, 0.05) is 17.8 Å². The Hall–Kier alpha value is -2.49. The molecule has 21 heavy (non-hydrogen) atoms. The van der Waals surface area contributed by atoms with Crippen LogP contribution in [0.5, 0.6) is 5.75 Å². The second kappa shape index (κ2) is 6.79. The Kier molecular flexibility index (Phi) is 4.82. The van der Waals surface area contributed by atoms with Crippen LogP contribution in [0.3, 0.4) is 0 Å². The maximum atomic E-state index is 11.2. The molecule has 0 aliphatic heterocycles. The van der Waals surface area contributed by atoms with Crippen LogP contribution in [0.15, 0.2) is 48.5 Å². The van der Waals surface area contributed by atoms with E-state index in [1.54, 1.807) is 18.2 Å². The molecule has 3 N–H and O–H groups in total. The zero-order chi connectivity index (χ0) is 15.2. The summed E-state index contributed by atoms with van der Waals surface area (Å²) in [6.45, 7) is 4.65. The monoisotopic (exact) mass is 284 g/mol. The average Bonchev–Trinajstić information content (AvgIpc) is 2.45. The van der Waals surface area contributed by atoms with E-state index in [0.717, 1.165) is 17.0 Å². The van der Waals surface area contributed by atoms with E-state index in [1.165, 1.54) is 0 Å². The number of ether oxygens (including phenoxy) is 1. The molecule has 0 radical (unpaired) electrons. The zero-order valence-electron chi connectivity index (χ0n) is 12.3. The fourth-order valence-electron chi connectivity index (χ4n) is 1.99. The highest BCUT2D eigenvalue weighted by Crippen LogP contribution is 2.17. The van der Waals surface area contributed by atoms with E-state index in [2.05, 4.69) is 5.32 Å². The molecule has 0 aromatic heterocycles. The van der Waals surface area contributed by atoms with Crippen molar-refractivity contribution in [3.8, 4) is 5.75 Å². The normalized spacial score (nSPS) is 10.4. The largest absolute Gasteiger partial charge is 0.491 e. The maximum absolute atomic E-state index is 11.2. The van der Waals surface area contributed by atoms with Crippen molar-refractivity contribution in [1.82, 2.24) is 0 Å². The van der Waals surface area contributed by atoms with Crippen molar-refractivity contribution in [2.75, 3.05) is 5.32 Å². The number of carbonyl (C=O) groups excluding carboxylic acids is 1. The Morgan fingerprint density at radius 3 is 2.67 bits per heavy atom. The van der Waals surface area contributed by atoms with Crippen molar-refractivity contribution in [2.24, 2.45) is 5.73 Å². The van der Waals surface area contributed by atoms with Gasteiger partial charge in [-0.15, -0.1) is 0 Å². The van der Waals surface area contributed by atoms with Crippen LogP contribution in [0.25, 0.3) is 0 Å². The third-order valence-corrected chi connectivity index (χ3v) is 2.91. The number of carbonyl (C=O) groups is 1. The van der Waals surface area contributed by atoms with Crippen LogP contribution in [-0.2, 0) is 6.54 Å². The first-order valence-electron chi connectivity index (χ1n) is 6.94. The van der Waals surface area contributed by atoms with Gasteiger partial charge in [0.05, 0.1) is 6.10 Å². The minimum atomic E-state index is -0.425. The van der Waals surface area contributed by atoms with Gasteiger partial charge in [-0.25, -0.2) is 0 Å². The molecular formula is C17H20N2O2. The minimum Gasteiger partial charge on any atom is -0.491 e. The van der Waals surface area contributed by atoms with Crippen molar-refractivity contribution >= 4 is 11.6 Å². The summed E-state index contributed by atoms with van der Waals surface area (Å²) in [6, 6.07) is 15.1. The minimum absolute atomic E-state index is 0.153. The predicted octanol–water partition coefficient (Wildman–Crippen LogP) is 3.18. The number of hydrogen-bond acceptors (Lipinski definition) is 3. The average molecular weight is 284 g/mol. The van der Waals surface area contributed by atoms with Gasteiger partial charge in [0.25, 0.3) is 0 Å². The predicted molar refractivity (Wildman–Crippen MR) is 84.5 cm³/mol. The third kappa shape index (κ3) is 4.53. The van der Waals surface area contributed by atoms with Crippen LogP contribution in [0.1, 0.15) is 29.8 Å².